The molecule has 0 spiro atoms. The maximum Gasteiger partial charge on any atom is 0.305 e. The van der Waals surface area contributed by atoms with E-state index in [0.29, 0.717) is 18.2 Å². The minimum atomic E-state index is -0.205. The number of carbonyl (C=O) groups is 2. The second-order valence-corrected chi connectivity index (χ2v) is 6.28. The van der Waals surface area contributed by atoms with Crippen molar-refractivity contribution in [1.82, 2.24) is 15.5 Å². The smallest absolute Gasteiger partial charge is 0.305 e. The lowest BCUT2D eigenvalue weighted by atomic mass is 10.4. The molecular formula is C13H23N6O3S+. The molecule has 0 saturated carbocycles. The summed E-state index contributed by atoms with van der Waals surface area (Å²) in [5.41, 5.74) is 0. The molecule has 1 fully saturated rings. The van der Waals surface area contributed by atoms with Gasteiger partial charge in [0.25, 0.3) is 11.4 Å². The van der Waals surface area contributed by atoms with Crippen LogP contribution in [0.2, 0.25) is 0 Å². The van der Waals surface area contributed by atoms with Gasteiger partial charge in [-0.2, -0.15) is 5.01 Å². The van der Waals surface area contributed by atoms with E-state index in [1.807, 2.05) is 11.9 Å². The fraction of sp³-hybridized carbons (Fsp3) is 0.692. The SMILES string of the molecule is CCNC(=O)SCCC(=O)Nc1c[n+](N2CCN(C)CC2)no1. The lowest BCUT2D eigenvalue weighted by Crippen LogP contribution is -2.64. The molecule has 0 atom stereocenters. The summed E-state index contributed by atoms with van der Waals surface area (Å²) in [6.45, 7) is 6.05. The molecule has 2 heterocycles. The largest absolute Gasteiger partial charge is 0.347 e. The first-order valence-electron chi connectivity index (χ1n) is 7.61. The normalized spacial score (nSPS) is 15.5. The molecule has 1 aromatic heterocycles. The first-order chi connectivity index (χ1) is 11.1. The van der Waals surface area contributed by atoms with E-state index in [2.05, 4.69) is 27.9 Å². The number of aromatic nitrogens is 2. The van der Waals surface area contributed by atoms with Crippen molar-refractivity contribution in [3.05, 3.63) is 6.20 Å². The van der Waals surface area contributed by atoms with Crippen molar-refractivity contribution in [2.24, 2.45) is 0 Å². The van der Waals surface area contributed by atoms with Crippen molar-refractivity contribution in [1.29, 1.82) is 0 Å². The van der Waals surface area contributed by atoms with Crippen molar-refractivity contribution < 1.29 is 18.9 Å². The Morgan fingerprint density at radius 1 is 1.39 bits per heavy atom. The van der Waals surface area contributed by atoms with Gasteiger partial charge in [-0.25, -0.2) is 0 Å². The fourth-order valence-corrected chi connectivity index (χ4v) is 2.78. The molecule has 2 N–H and O–H groups in total. The minimum Gasteiger partial charge on any atom is -0.347 e. The minimum absolute atomic E-state index is 0.118. The van der Waals surface area contributed by atoms with E-state index < -0.39 is 0 Å². The average molecular weight is 343 g/mol. The van der Waals surface area contributed by atoms with Gasteiger partial charge in [-0.1, -0.05) is 11.8 Å². The maximum absolute atomic E-state index is 11.8. The van der Waals surface area contributed by atoms with E-state index in [0.717, 1.165) is 37.9 Å². The molecule has 0 radical (unpaired) electrons. The summed E-state index contributed by atoms with van der Waals surface area (Å²) in [6, 6.07) is 0. The van der Waals surface area contributed by atoms with E-state index in [1.54, 1.807) is 11.0 Å². The molecule has 1 saturated heterocycles. The third-order valence-electron chi connectivity index (χ3n) is 3.37. The Morgan fingerprint density at radius 2 is 2.13 bits per heavy atom. The Labute approximate surface area is 139 Å². The van der Waals surface area contributed by atoms with Gasteiger partial charge in [-0.15, -0.1) is 0 Å². The van der Waals surface area contributed by atoms with Crippen LogP contribution in [0, 0.1) is 0 Å². The van der Waals surface area contributed by atoms with Crippen LogP contribution in [0.4, 0.5) is 10.7 Å². The summed E-state index contributed by atoms with van der Waals surface area (Å²) >= 11 is 1.09. The Bertz CT molecular complexity index is 530. The van der Waals surface area contributed by atoms with Crippen molar-refractivity contribution in [3.8, 4) is 0 Å². The van der Waals surface area contributed by atoms with Crippen LogP contribution in [-0.4, -0.2) is 66.8 Å². The number of rotatable bonds is 6. The molecule has 23 heavy (non-hydrogen) atoms. The number of nitrogens with one attached hydrogen (secondary N) is 2. The van der Waals surface area contributed by atoms with E-state index in [9.17, 15) is 9.59 Å². The van der Waals surface area contributed by atoms with Gasteiger partial charge in [-0.05, 0) is 14.0 Å². The van der Waals surface area contributed by atoms with Crippen molar-refractivity contribution in [2.45, 2.75) is 13.3 Å². The number of hydrogen-bond acceptors (Lipinski definition) is 7. The molecule has 2 amide bonds. The third-order valence-corrected chi connectivity index (χ3v) is 4.19. The predicted octanol–water partition coefficient (Wildman–Crippen LogP) is -0.363. The van der Waals surface area contributed by atoms with Gasteiger partial charge < -0.3 is 10.2 Å². The molecule has 0 aromatic carbocycles. The van der Waals surface area contributed by atoms with E-state index in [1.165, 1.54) is 0 Å². The van der Waals surface area contributed by atoms with Crippen LogP contribution < -0.4 is 20.4 Å². The average Bonchev–Trinajstić information content (AvgIpc) is 2.96. The Morgan fingerprint density at radius 3 is 2.83 bits per heavy atom. The summed E-state index contributed by atoms with van der Waals surface area (Å²) in [5.74, 6) is 0.519. The quantitative estimate of drug-likeness (QED) is 0.681. The number of hydrogen-bond donors (Lipinski definition) is 2. The van der Waals surface area contributed by atoms with E-state index in [-0.39, 0.29) is 17.6 Å². The summed E-state index contributed by atoms with van der Waals surface area (Å²) in [5, 5.41) is 11.2. The van der Waals surface area contributed by atoms with Crippen molar-refractivity contribution in [3.63, 3.8) is 0 Å². The summed E-state index contributed by atoms with van der Waals surface area (Å²) in [4.78, 5) is 26.9. The monoisotopic (exact) mass is 343 g/mol. The molecule has 1 aliphatic rings. The zero-order valence-electron chi connectivity index (χ0n) is 13.4. The van der Waals surface area contributed by atoms with Crippen LogP contribution in [0.15, 0.2) is 10.7 Å². The Balaban J connectivity index is 1.73. The first kappa shape index (κ1) is 17.5. The van der Waals surface area contributed by atoms with E-state index in [4.69, 9.17) is 4.52 Å². The number of thioether (sulfide) groups is 1. The number of nitrogens with zero attached hydrogens (tertiary/aromatic N) is 4. The molecular weight excluding hydrogens is 320 g/mol. The zero-order valence-corrected chi connectivity index (χ0v) is 14.3. The Kier molecular flexibility index (Phi) is 6.66. The third kappa shape index (κ3) is 5.71. The summed E-state index contributed by atoms with van der Waals surface area (Å²) in [7, 11) is 2.08. The molecule has 1 aliphatic heterocycles. The fourth-order valence-electron chi connectivity index (χ4n) is 2.06. The second kappa shape index (κ2) is 8.73. The lowest BCUT2D eigenvalue weighted by molar-refractivity contribution is -0.759. The first-order valence-corrected chi connectivity index (χ1v) is 8.60. The summed E-state index contributed by atoms with van der Waals surface area (Å²) < 4.78 is 5.12. The molecule has 10 heteroatoms. The highest BCUT2D eigenvalue weighted by Crippen LogP contribution is 2.07. The summed E-state index contributed by atoms with van der Waals surface area (Å²) in [6.07, 6.45) is 1.89. The van der Waals surface area contributed by atoms with Crippen LogP contribution >= 0.6 is 11.8 Å². The van der Waals surface area contributed by atoms with Gasteiger partial charge in [0, 0.05) is 31.8 Å². The Hall–Kier alpha value is -1.81. The van der Waals surface area contributed by atoms with Crippen LogP contribution in [0.25, 0.3) is 0 Å². The molecule has 0 aliphatic carbocycles. The van der Waals surface area contributed by atoms with Gasteiger partial charge >= 0.3 is 5.88 Å². The van der Waals surface area contributed by atoms with Crippen molar-refractivity contribution in [2.75, 3.05) is 55.9 Å². The van der Waals surface area contributed by atoms with Gasteiger partial charge in [-0.3, -0.25) is 19.4 Å². The molecule has 0 unspecified atom stereocenters. The lowest BCUT2D eigenvalue weighted by Gasteiger charge is -2.26. The highest BCUT2D eigenvalue weighted by molar-refractivity contribution is 8.13. The van der Waals surface area contributed by atoms with Crippen molar-refractivity contribution >= 4 is 28.8 Å². The predicted molar refractivity (Wildman–Crippen MR) is 86.9 cm³/mol. The highest BCUT2D eigenvalue weighted by Gasteiger charge is 2.24. The number of amides is 2. The molecule has 128 valence electrons. The number of likely N-dealkylation sites (N-methyl/N-ethyl adjacent to an activating group) is 1. The van der Waals surface area contributed by atoms with Gasteiger partial charge in [0.2, 0.25) is 11.2 Å². The van der Waals surface area contributed by atoms with Crippen LogP contribution in [0.1, 0.15) is 13.3 Å². The van der Waals surface area contributed by atoms with Gasteiger partial charge in [0.05, 0.1) is 17.9 Å². The molecule has 1 aromatic rings. The van der Waals surface area contributed by atoms with E-state index >= 15 is 0 Å². The van der Waals surface area contributed by atoms with Crippen LogP contribution in [-0.2, 0) is 4.79 Å². The zero-order chi connectivity index (χ0) is 16.7. The highest BCUT2D eigenvalue weighted by atomic mass is 32.2. The topological polar surface area (TPSA) is 94.6 Å². The van der Waals surface area contributed by atoms with Crippen LogP contribution in [0.5, 0.6) is 0 Å². The molecule has 0 bridgehead atoms. The van der Waals surface area contributed by atoms with Gasteiger partial charge in [0.15, 0.2) is 0 Å². The number of anilines is 1. The second-order valence-electron chi connectivity index (χ2n) is 5.21. The number of piperazine rings is 1. The molecule has 2 rings (SSSR count). The standard InChI is InChI=1S/C13H22N6O3S/c1-3-14-13(21)23-9-4-11(20)15-12-10-19(16-22-12)18-7-5-17(2)6-8-18/h10H,3-9H2,1-2H3,(H-,14,15,16,20,21)/p+1. The maximum atomic E-state index is 11.8. The number of carbonyl (C=O) groups excluding carboxylic acids is 2. The molecule has 9 nitrogen and oxygen atoms in total. The van der Waals surface area contributed by atoms with Crippen LogP contribution in [0.3, 0.4) is 0 Å². The van der Waals surface area contributed by atoms with Gasteiger partial charge in [0.1, 0.15) is 0 Å².